The summed E-state index contributed by atoms with van der Waals surface area (Å²) in [6, 6.07) is 6.23. The molecule has 1 aromatic heterocycles. The number of carbonyl (C=O) groups excluding carboxylic acids is 5. The van der Waals surface area contributed by atoms with Crippen LogP contribution in [0.5, 0.6) is 5.75 Å². The molecule has 0 unspecified atom stereocenters. The number of ketones is 2. The van der Waals surface area contributed by atoms with Gasteiger partial charge in [0.1, 0.15) is 11.4 Å². The third-order valence-corrected chi connectivity index (χ3v) is 6.21. The number of nitrogens with zero attached hydrogens (tertiary/aromatic N) is 1. The molecule has 2 atom stereocenters. The quantitative estimate of drug-likeness (QED) is 0.374. The van der Waals surface area contributed by atoms with Crippen LogP contribution in [-0.4, -0.2) is 72.0 Å². The van der Waals surface area contributed by atoms with Crippen molar-refractivity contribution in [1.29, 1.82) is 0 Å². The lowest BCUT2D eigenvalue weighted by molar-refractivity contribution is -0.134. The van der Waals surface area contributed by atoms with E-state index in [1.165, 1.54) is 11.8 Å². The molecule has 10 heteroatoms. The molecule has 37 heavy (non-hydrogen) atoms. The number of H-pyrrole nitrogens is 1. The molecule has 3 rings (SSSR count). The molecule has 3 amide bonds. The first kappa shape index (κ1) is 27.6. The molecule has 0 spiro atoms. The van der Waals surface area contributed by atoms with Crippen molar-refractivity contribution in [1.82, 2.24) is 20.5 Å². The van der Waals surface area contributed by atoms with Crippen molar-refractivity contribution in [3.8, 4) is 5.75 Å². The fourth-order valence-corrected chi connectivity index (χ4v) is 4.32. The van der Waals surface area contributed by atoms with E-state index in [1.54, 1.807) is 25.3 Å². The van der Waals surface area contributed by atoms with Gasteiger partial charge in [-0.05, 0) is 50.0 Å². The summed E-state index contributed by atoms with van der Waals surface area (Å²) in [5.41, 5.74) is 1.00. The van der Waals surface area contributed by atoms with E-state index in [9.17, 15) is 24.0 Å². The maximum Gasteiger partial charge on any atom is 0.268 e. The molecule has 1 saturated heterocycles. The smallest absolute Gasteiger partial charge is 0.268 e. The number of aromatic nitrogens is 1. The van der Waals surface area contributed by atoms with Gasteiger partial charge in [-0.1, -0.05) is 19.9 Å². The summed E-state index contributed by atoms with van der Waals surface area (Å²) >= 11 is 0. The number of ether oxygens (including phenoxy) is 1. The Morgan fingerprint density at radius 2 is 1.97 bits per heavy atom. The zero-order valence-corrected chi connectivity index (χ0v) is 21.6. The molecule has 0 bridgehead atoms. The Balaban J connectivity index is 1.79. The number of aromatic amines is 1. The van der Waals surface area contributed by atoms with Crippen molar-refractivity contribution in [2.24, 2.45) is 11.8 Å². The Bertz CT molecular complexity index is 1210. The molecule has 3 N–H and O–H groups in total. The van der Waals surface area contributed by atoms with E-state index in [0.717, 1.165) is 23.1 Å². The summed E-state index contributed by atoms with van der Waals surface area (Å²) in [7, 11) is 1.55. The summed E-state index contributed by atoms with van der Waals surface area (Å²) in [6.07, 6.45) is 3.15. The molecule has 0 saturated carbocycles. The molecule has 1 aliphatic rings. The second-order valence-corrected chi connectivity index (χ2v) is 9.67. The number of fused-ring (bicyclic) bond motifs is 1. The van der Waals surface area contributed by atoms with Gasteiger partial charge in [0.2, 0.25) is 11.8 Å². The average Bonchev–Trinajstić information content (AvgIpc) is 3.47. The van der Waals surface area contributed by atoms with Crippen LogP contribution in [0.1, 0.15) is 44.1 Å². The van der Waals surface area contributed by atoms with Gasteiger partial charge in [-0.2, -0.15) is 0 Å². The van der Waals surface area contributed by atoms with Gasteiger partial charge in [-0.15, -0.1) is 0 Å². The predicted octanol–water partition coefficient (Wildman–Crippen LogP) is 2.00. The van der Waals surface area contributed by atoms with Crippen LogP contribution >= 0.6 is 0 Å². The Morgan fingerprint density at radius 3 is 2.59 bits per heavy atom. The zero-order chi connectivity index (χ0) is 27.1. The topological polar surface area (TPSA) is 138 Å². The number of hydrogen-bond acceptors (Lipinski definition) is 6. The highest BCUT2D eigenvalue weighted by Gasteiger charge is 2.31. The number of hydrogen-bond donors (Lipinski definition) is 3. The Hall–Kier alpha value is -3.95. The van der Waals surface area contributed by atoms with Crippen molar-refractivity contribution in [3.05, 3.63) is 42.1 Å². The highest BCUT2D eigenvalue weighted by atomic mass is 16.5. The number of Topliss-reactive ketones (excluding diaryl/α,β-unsaturated/α-hetero) is 1. The van der Waals surface area contributed by atoms with Crippen LogP contribution in [0.25, 0.3) is 10.9 Å². The first-order valence-corrected chi connectivity index (χ1v) is 12.3. The number of nitrogens with one attached hydrogen (secondary N) is 3. The average molecular weight is 511 g/mol. The van der Waals surface area contributed by atoms with E-state index >= 15 is 0 Å². The first-order valence-electron chi connectivity index (χ1n) is 12.3. The maximum atomic E-state index is 13.4. The van der Waals surface area contributed by atoms with E-state index in [2.05, 4.69) is 15.6 Å². The van der Waals surface area contributed by atoms with Gasteiger partial charge in [-0.3, -0.25) is 24.0 Å². The number of allylic oxidation sites excluding steroid dienone is 1. The van der Waals surface area contributed by atoms with E-state index in [1.807, 2.05) is 19.9 Å². The second-order valence-electron chi connectivity index (χ2n) is 9.67. The molecular formula is C27H34N4O6. The van der Waals surface area contributed by atoms with Crippen LogP contribution in [0, 0.1) is 11.8 Å². The minimum Gasteiger partial charge on any atom is -0.496 e. The van der Waals surface area contributed by atoms with Crippen molar-refractivity contribution < 1.29 is 28.7 Å². The van der Waals surface area contributed by atoms with Crippen molar-refractivity contribution >= 4 is 40.2 Å². The van der Waals surface area contributed by atoms with E-state index in [-0.39, 0.29) is 42.2 Å². The lowest BCUT2D eigenvalue weighted by Gasteiger charge is -2.26. The van der Waals surface area contributed by atoms with Crippen molar-refractivity contribution in [3.63, 3.8) is 0 Å². The van der Waals surface area contributed by atoms with Gasteiger partial charge < -0.3 is 25.3 Å². The molecule has 1 aromatic carbocycles. The Morgan fingerprint density at radius 1 is 1.22 bits per heavy atom. The van der Waals surface area contributed by atoms with Gasteiger partial charge in [0.05, 0.1) is 25.6 Å². The van der Waals surface area contributed by atoms with Gasteiger partial charge in [0.15, 0.2) is 11.6 Å². The minimum absolute atomic E-state index is 0.0445. The van der Waals surface area contributed by atoms with Gasteiger partial charge >= 0.3 is 0 Å². The van der Waals surface area contributed by atoms with E-state index < -0.39 is 23.8 Å². The fourth-order valence-electron chi connectivity index (χ4n) is 4.32. The monoisotopic (exact) mass is 510 g/mol. The largest absolute Gasteiger partial charge is 0.496 e. The van der Waals surface area contributed by atoms with Crippen LogP contribution in [0.2, 0.25) is 0 Å². The molecule has 10 nitrogen and oxygen atoms in total. The van der Waals surface area contributed by atoms with Crippen LogP contribution in [0.15, 0.2) is 36.4 Å². The zero-order valence-electron chi connectivity index (χ0n) is 21.6. The Labute approximate surface area is 215 Å². The lowest BCUT2D eigenvalue weighted by atomic mass is 9.99. The molecule has 198 valence electrons. The predicted molar refractivity (Wildman–Crippen MR) is 138 cm³/mol. The van der Waals surface area contributed by atoms with Crippen LogP contribution in [0.3, 0.4) is 0 Å². The van der Waals surface area contributed by atoms with Gasteiger partial charge in [0.25, 0.3) is 5.91 Å². The van der Waals surface area contributed by atoms with Crippen molar-refractivity contribution in [2.75, 3.05) is 26.7 Å². The number of rotatable bonds is 12. The van der Waals surface area contributed by atoms with E-state index in [4.69, 9.17) is 4.74 Å². The van der Waals surface area contributed by atoms with E-state index in [0.29, 0.717) is 25.1 Å². The van der Waals surface area contributed by atoms with Crippen LogP contribution in [-0.2, 0) is 19.2 Å². The summed E-state index contributed by atoms with van der Waals surface area (Å²) < 4.78 is 5.36. The maximum absolute atomic E-state index is 13.4. The minimum atomic E-state index is -0.856. The third kappa shape index (κ3) is 7.28. The molecule has 0 radical (unpaired) electrons. The fraction of sp³-hybridized carbons (Fsp3) is 0.444. The van der Waals surface area contributed by atoms with Gasteiger partial charge in [-0.25, -0.2) is 0 Å². The number of benzene rings is 1. The number of carbonyl (C=O) groups is 5. The van der Waals surface area contributed by atoms with Crippen molar-refractivity contribution in [2.45, 2.75) is 39.7 Å². The third-order valence-electron chi connectivity index (χ3n) is 6.21. The molecule has 2 aromatic rings. The highest BCUT2D eigenvalue weighted by Crippen LogP contribution is 2.26. The standard InChI is InChI=1S/C27H34N4O6/c1-16(2)12-21(30-27(36)22-13-19-20(29-22)6-5-7-24(19)37-4)23(33)15-31(25(34)9-8-17(3)32)14-18-10-11-28-26(18)35/h5-9,13,16,18,21,29H,10-12,14-15H2,1-4H3,(H,28,35)(H,30,36)/b9-8+/t18-,21-/m0/s1. The summed E-state index contributed by atoms with van der Waals surface area (Å²) in [5, 5.41) is 6.28. The number of methoxy groups -OCH3 is 1. The SMILES string of the molecule is COc1cccc2[nH]c(C(=O)N[C@@H](CC(C)C)C(=O)CN(C[C@@H]3CCNC3=O)C(=O)/C=C/C(C)=O)cc12. The summed E-state index contributed by atoms with van der Waals surface area (Å²) in [4.78, 5) is 67.1. The molecule has 0 aliphatic carbocycles. The lowest BCUT2D eigenvalue weighted by Crippen LogP contribution is -2.48. The van der Waals surface area contributed by atoms with Crippen LogP contribution < -0.4 is 15.4 Å². The second kappa shape index (κ2) is 12.3. The normalized spacial score (nSPS) is 16.1. The highest BCUT2D eigenvalue weighted by molar-refractivity contribution is 6.03. The Kier molecular flexibility index (Phi) is 9.21. The molecular weight excluding hydrogens is 476 g/mol. The summed E-state index contributed by atoms with van der Waals surface area (Å²) in [6.45, 7) is 5.43. The number of amides is 3. The molecule has 1 fully saturated rings. The van der Waals surface area contributed by atoms with Crippen LogP contribution in [0.4, 0.5) is 0 Å². The first-order chi connectivity index (χ1) is 17.6. The molecule has 2 heterocycles. The van der Waals surface area contributed by atoms with Gasteiger partial charge in [0, 0.05) is 30.1 Å². The summed E-state index contributed by atoms with van der Waals surface area (Å²) in [5.74, 6) is -1.59. The molecule has 1 aliphatic heterocycles.